The molecule has 2 amide bonds. The number of piperidine rings is 1. The number of amides is 2. The molecule has 0 saturated carbocycles. The number of benzene rings is 1. The Balaban J connectivity index is 2.06. The van der Waals surface area contributed by atoms with E-state index < -0.39 is 6.10 Å². The van der Waals surface area contributed by atoms with Crippen molar-refractivity contribution >= 4 is 34.9 Å². The van der Waals surface area contributed by atoms with Crippen molar-refractivity contribution in [2.24, 2.45) is 0 Å². The van der Waals surface area contributed by atoms with Crippen LogP contribution in [0.25, 0.3) is 0 Å². The molecule has 1 atom stereocenters. The molecule has 1 heterocycles. The van der Waals surface area contributed by atoms with Gasteiger partial charge in [0, 0.05) is 28.8 Å². The average Bonchev–Trinajstić information content (AvgIpc) is 2.36. The molecule has 4 nitrogen and oxygen atoms in total. The number of carbonyl (C=O) groups excluding carboxylic acids is 1. The van der Waals surface area contributed by atoms with Crippen molar-refractivity contribution in [2.75, 3.05) is 18.4 Å². The summed E-state index contributed by atoms with van der Waals surface area (Å²) < 4.78 is 0. The molecule has 0 radical (unpaired) electrons. The smallest absolute Gasteiger partial charge is 0.321 e. The lowest BCUT2D eigenvalue weighted by molar-refractivity contribution is 0.0883. The Bertz CT molecular complexity index is 471. The van der Waals surface area contributed by atoms with Crippen molar-refractivity contribution in [1.29, 1.82) is 0 Å². The summed E-state index contributed by atoms with van der Waals surface area (Å²) in [4.78, 5) is 13.6. The van der Waals surface area contributed by atoms with E-state index in [1.165, 1.54) is 0 Å². The summed E-state index contributed by atoms with van der Waals surface area (Å²) in [6, 6.07) is 3.09. The fraction of sp³-hybridized carbons (Fsp3) is 0.462. The summed E-state index contributed by atoms with van der Waals surface area (Å²) in [5.74, 6) is 0. The van der Waals surface area contributed by atoms with E-state index in [0.717, 1.165) is 18.4 Å². The average molecular weight is 303 g/mol. The summed E-state index contributed by atoms with van der Waals surface area (Å²) in [6.45, 7) is 2.83. The number of rotatable bonds is 1. The van der Waals surface area contributed by atoms with E-state index in [0.29, 0.717) is 28.8 Å². The van der Waals surface area contributed by atoms with Gasteiger partial charge in [-0.25, -0.2) is 4.79 Å². The molecule has 1 aromatic rings. The molecule has 0 spiro atoms. The Morgan fingerprint density at radius 3 is 2.63 bits per heavy atom. The molecule has 104 valence electrons. The highest BCUT2D eigenvalue weighted by atomic mass is 35.5. The molecule has 1 fully saturated rings. The summed E-state index contributed by atoms with van der Waals surface area (Å²) in [5, 5.41) is 13.3. The van der Waals surface area contributed by atoms with Gasteiger partial charge in [-0.05, 0) is 37.5 Å². The molecule has 1 saturated heterocycles. The highest BCUT2D eigenvalue weighted by Gasteiger charge is 2.22. The summed E-state index contributed by atoms with van der Waals surface area (Å²) >= 11 is 12.0. The number of halogens is 2. The fourth-order valence-electron chi connectivity index (χ4n) is 2.06. The first-order valence-corrected chi connectivity index (χ1v) is 6.92. The minimum absolute atomic E-state index is 0.241. The van der Waals surface area contributed by atoms with Gasteiger partial charge < -0.3 is 15.3 Å². The van der Waals surface area contributed by atoms with E-state index in [4.69, 9.17) is 23.2 Å². The Kier molecular flexibility index (Phi) is 4.55. The van der Waals surface area contributed by atoms with Crippen molar-refractivity contribution in [3.05, 3.63) is 27.7 Å². The second-order valence-electron chi connectivity index (χ2n) is 4.74. The van der Waals surface area contributed by atoms with Gasteiger partial charge >= 0.3 is 6.03 Å². The number of nitrogens with one attached hydrogen (secondary N) is 1. The van der Waals surface area contributed by atoms with Gasteiger partial charge in [-0.1, -0.05) is 23.2 Å². The van der Waals surface area contributed by atoms with Gasteiger partial charge in [-0.3, -0.25) is 0 Å². The summed E-state index contributed by atoms with van der Waals surface area (Å²) in [6.07, 6.45) is 1.11. The Labute approximate surface area is 122 Å². The van der Waals surface area contributed by atoms with Gasteiger partial charge in [0.2, 0.25) is 0 Å². The second kappa shape index (κ2) is 5.99. The van der Waals surface area contributed by atoms with Gasteiger partial charge in [0.15, 0.2) is 0 Å². The van der Waals surface area contributed by atoms with Gasteiger partial charge in [-0.15, -0.1) is 0 Å². The largest absolute Gasteiger partial charge is 0.391 e. The van der Waals surface area contributed by atoms with Crippen LogP contribution in [0.3, 0.4) is 0 Å². The maximum Gasteiger partial charge on any atom is 0.321 e. The van der Waals surface area contributed by atoms with Gasteiger partial charge in [-0.2, -0.15) is 0 Å². The topological polar surface area (TPSA) is 52.6 Å². The molecule has 0 aromatic heterocycles. The van der Waals surface area contributed by atoms with Crippen molar-refractivity contribution < 1.29 is 9.90 Å². The molecule has 2 N–H and O–H groups in total. The monoisotopic (exact) mass is 302 g/mol. The number of anilines is 1. The Morgan fingerprint density at radius 2 is 2.05 bits per heavy atom. The molecule has 1 aliphatic rings. The number of aliphatic hydroxyl groups excluding tert-OH is 1. The maximum absolute atomic E-state index is 12.0. The number of nitrogens with zero attached hydrogens (tertiary/aromatic N) is 1. The third kappa shape index (κ3) is 3.53. The van der Waals surface area contributed by atoms with E-state index in [1.54, 1.807) is 17.0 Å². The van der Waals surface area contributed by atoms with Crippen LogP contribution in [0.4, 0.5) is 10.5 Å². The van der Waals surface area contributed by atoms with E-state index in [9.17, 15) is 9.90 Å². The van der Waals surface area contributed by atoms with Crippen LogP contribution in [0, 0.1) is 6.92 Å². The molecule has 1 unspecified atom stereocenters. The van der Waals surface area contributed by atoms with Crippen LogP contribution in [-0.4, -0.2) is 35.2 Å². The zero-order valence-corrected chi connectivity index (χ0v) is 12.1. The van der Waals surface area contributed by atoms with Gasteiger partial charge in [0.25, 0.3) is 0 Å². The van der Waals surface area contributed by atoms with Crippen LogP contribution in [0.2, 0.25) is 10.0 Å². The lowest BCUT2D eigenvalue weighted by Crippen LogP contribution is -2.44. The van der Waals surface area contributed by atoms with E-state index >= 15 is 0 Å². The van der Waals surface area contributed by atoms with Crippen LogP contribution in [0.5, 0.6) is 0 Å². The molecular weight excluding hydrogens is 287 g/mol. The Hall–Kier alpha value is -0.970. The van der Waals surface area contributed by atoms with Gasteiger partial charge in [0.1, 0.15) is 0 Å². The molecule has 1 aliphatic heterocycles. The van der Waals surface area contributed by atoms with Gasteiger partial charge in [0.05, 0.1) is 6.10 Å². The lowest BCUT2D eigenvalue weighted by atomic mass is 10.1. The van der Waals surface area contributed by atoms with E-state index in [2.05, 4.69) is 5.32 Å². The Morgan fingerprint density at radius 1 is 1.42 bits per heavy atom. The number of hydrogen-bond acceptors (Lipinski definition) is 2. The molecule has 19 heavy (non-hydrogen) atoms. The summed E-state index contributed by atoms with van der Waals surface area (Å²) in [7, 11) is 0. The van der Waals surface area contributed by atoms with Crippen molar-refractivity contribution in [3.8, 4) is 0 Å². The van der Waals surface area contributed by atoms with Crippen LogP contribution >= 0.6 is 23.2 Å². The fourth-order valence-corrected chi connectivity index (χ4v) is 2.55. The number of hydrogen-bond donors (Lipinski definition) is 2. The van der Waals surface area contributed by atoms with Crippen molar-refractivity contribution in [2.45, 2.75) is 25.9 Å². The lowest BCUT2D eigenvalue weighted by Gasteiger charge is -2.30. The predicted octanol–water partition coefficient (Wildman–Crippen LogP) is 3.29. The quantitative estimate of drug-likeness (QED) is 0.836. The van der Waals surface area contributed by atoms with Crippen LogP contribution < -0.4 is 5.32 Å². The minimum Gasteiger partial charge on any atom is -0.391 e. The van der Waals surface area contributed by atoms with Crippen LogP contribution in [-0.2, 0) is 0 Å². The molecule has 6 heteroatoms. The third-order valence-corrected chi connectivity index (χ3v) is 4.00. The molecule has 0 bridgehead atoms. The van der Waals surface area contributed by atoms with Crippen LogP contribution in [0.15, 0.2) is 12.1 Å². The SMILES string of the molecule is Cc1c(Cl)cc(NC(=O)N2CCCC(O)C2)cc1Cl. The normalized spacial score (nSPS) is 19.4. The second-order valence-corrected chi connectivity index (χ2v) is 5.55. The molecule has 2 rings (SSSR count). The zero-order chi connectivity index (χ0) is 14.0. The summed E-state index contributed by atoms with van der Waals surface area (Å²) in [5.41, 5.74) is 1.35. The third-order valence-electron chi connectivity index (χ3n) is 3.22. The van der Waals surface area contributed by atoms with Crippen molar-refractivity contribution in [3.63, 3.8) is 0 Å². The first-order chi connectivity index (χ1) is 8.97. The highest BCUT2D eigenvalue weighted by Crippen LogP contribution is 2.28. The number of aliphatic hydroxyl groups is 1. The molecule has 1 aromatic carbocycles. The molecule has 0 aliphatic carbocycles. The number of β-amino-alcohol motifs (C(OH)–C–C–N with tert-alkyl or cyclic N) is 1. The van der Waals surface area contributed by atoms with E-state index in [-0.39, 0.29) is 6.03 Å². The van der Waals surface area contributed by atoms with E-state index in [1.807, 2.05) is 6.92 Å². The number of carbonyl (C=O) groups is 1. The first-order valence-electron chi connectivity index (χ1n) is 6.17. The number of urea groups is 1. The standard InChI is InChI=1S/C13H16Cl2N2O2/c1-8-11(14)5-9(6-12(8)15)16-13(19)17-4-2-3-10(18)7-17/h5-6,10,18H,2-4,7H2,1H3,(H,16,19). The molecular formula is C13H16Cl2N2O2. The van der Waals surface area contributed by atoms with Crippen molar-refractivity contribution in [1.82, 2.24) is 4.90 Å². The zero-order valence-electron chi connectivity index (χ0n) is 10.6. The highest BCUT2D eigenvalue weighted by molar-refractivity contribution is 6.36. The maximum atomic E-state index is 12.0. The van der Waals surface area contributed by atoms with Crippen LogP contribution in [0.1, 0.15) is 18.4 Å². The predicted molar refractivity (Wildman–Crippen MR) is 77.0 cm³/mol. The first kappa shape index (κ1) is 14.4. The minimum atomic E-state index is -0.440. The number of likely N-dealkylation sites (tertiary alicyclic amines) is 1.